The van der Waals surface area contributed by atoms with E-state index in [4.69, 9.17) is 4.74 Å². The Hall–Kier alpha value is -2.82. The van der Waals surface area contributed by atoms with Crippen LogP contribution >= 0.6 is 0 Å². The Balaban J connectivity index is 1.82. The van der Waals surface area contributed by atoms with Gasteiger partial charge >= 0.3 is 0 Å². The van der Waals surface area contributed by atoms with Crippen LogP contribution in [0.3, 0.4) is 0 Å². The number of rotatable bonds is 5. The highest BCUT2D eigenvalue weighted by atomic mass is 16.5. The molecule has 0 aromatic heterocycles. The van der Waals surface area contributed by atoms with Gasteiger partial charge in [-0.3, -0.25) is 9.59 Å². The third-order valence-corrected chi connectivity index (χ3v) is 5.15. The first-order valence-corrected chi connectivity index (χ1v) is 9.86. The van der Waals surface area contributed by atoms with E-state index in [9.17, 15) is 9.59 Å². The minimum Gasteiger partial charge on any atom is -0.481 e. The van der Waals surface area contributed by atoms with Crippen molar-refractivity contribution in [3.8, 4) is 5.75 Å². The lowest BCUT2D eigenvalue weighted by atomic mass is 9.95. The van der Waals surface area contributed by atoms with Crippen LogP contribution in [-0.2, 0) is 16.1 Å². The summed E-state index contributed by atoms with van der Waals surface area (Å²) in [6, 6.07) is 15.4. The van der Waals surface area contributed by atoms with Crippen molar-refractivity contribution in [1.82, 2.24) is 4.90 Å². The van der Waals surface area contributed by atoms with Crippen LogP contribution in [0.25, 0.3) is 0 Å². The van der Waals surface area contributed by atoms with Crippen LogP contribution in [0.4, 0.5) is 5.69 Å². The van der Waals surface area contributed by atoms with Gasteiger partial charge in [0, 0.05) is 23.8 Å². The van der Waals surface area contributed by atoms with Crippen molar-refractivity contribution in [2.75, 3.05) is 5.32 Å². The third kappa shape index (κ3) is 4.19. The number of hydrogen-bond acceptors (Lipinski definition) is 3. The van der Waals surface area contributed by atoms with Crippen LogP contribution in [0.15, 0.2) is 48.5 Å². The number of amides is 2. The number of anilines is 1. The first-order valence-electron chi connectivity index (χ1n) is 9.86. The molecule has 0 saturated carbocycles. The van der Waals surface area contributed by atoms with Gasteiger partial charge in [-0.1, -0.05) is 37.3 Å². The second kappa shape index (κ2) is 8.46. The van der Waals surface area contributed by atoms with Gasteiger partial charge in [-0.05, 0) is 51.0 Å². The number of hydrogen-bond donors (Lipinski definition) is 1. The number of nitrogens with zero attached hydrogens (tertiary/aromatic N) is 1. The van der Waals surface area contributed by atoms with Crippen molar-refractivity contribution in [2.45, 2.75) is 58.7 Å². The SMILES string of the molecule is CCC(C(=O)Nc1ccc2c(c1)CN(C(C)C)C(=O)C(C)O2)c1ccccc1. The molecule has 2 aromatic carbocycles. The monoisotopic (exact) mass is 380 g/mol. The highest BCUT2D eigenvalue weighted by molar-refractivity contribution is 5.96. The molecule has 0 saturated heterocycles. The molecule has 1 aliphatic heterocycles. The first-order chi connectivity index (χ1) is 13.4. The second-order valence-corrected chi connectivity index (χ2v) is 7.50. The molecular weight excluding hydrogens is 352 g/mol. The Morgan fingerprint density at radius 1 is 1.21 bits per heavy atom. The van der Waals surface area contributed by atoms with Crippen molar-refractivity contribution in [3.63, 3.8) is 0 Å². The van der Waals surface area contributed by atoms with E-state index in [1.54, 1.807) is 11.8 Å². The van der Waals surface area contributed by atoms with Gasteiger partial charge in [0.05, 0.1) is 5.92 Å². The predicted octanol–water partition coefficient (Wildman–Crippen LogP) is 4.34. The maximum absolute atomic E-state index is 12.8. The normalized spacial score (nSPS) is 17.5. The summed E-state index contributed by atoms with van der Waals surface area (Å²) in [7, 11) is 0. The highest BCUT2D eigenvalue weighted by Crippen LogP contribution is 2.30. The van der Waals surface area contributed by atoms with Gasteiger partial charge in [0.2, 0.25) is 5.91 Å². The number of nitrogens with one attached hydrogen (secondary N) is 1. The third-order valence-electron chi connectivity index (χ3n) is 5.15. The molecule has 2 atom stereocenters. The molecule has 5 heteroatoms. The van der Waals surface area contributed by atoms with Crippen LogP contribution in [0.2, 0.25) is 0 Å². The zero-order valence-electron chi connectivity index (χ0n) is 16.9. The lowest BCUT2D eigenvalue weighted by Crippen LogP contribution is -2.41. The maximum Gasteiger partial charge on any atom is 0.263 e. The summed E-state index contributed by atoms with van der Waals surface area (Å²) in [5.74, 6) is 0.433. The van der Waals surface area contributed by atoms with Crippen molar-refractivity contribution >= 4 is 17.5 Å². The fraction of sp³-hybridized carbons (Fsp3) is 0.391. The van der Waals surface area contributed by atoms with E-state index in [0.29, 0.717) is 18.0 Å². The van der Waals surface area contributed by atoms with E-state index < -0.39 is 6.10 Å². The second-order valence-electron chi connectivity index (χ2n) is 7.50. The molecule has 148 valence electrons. The Morgan fingerprint density at radius 3 is 2.57 bits per heavy atom. The first kappa shape index (κ1) is 19.9. The van der Waals surface area contributed by atoms with Crippen molar-refractivity contribution in [3.05, 3.63) is 59.7 Å². The Labute approximate surface area is 166 Å². The van der Waals surface area contributed by atoms with Crippen molar-refractivity contribution in [1.29, 1.82) is 0 Å². The fourth-order valence-corrected chi connectivity index (χ4v) is 3.56. The lowest BCUT2D eigenvalue weighted by Gasteiger charge is -2.26. The Bertz CT molecular complexity index is 848. The van der Waals surface area contributed by atoms with Crippen LogP contribution < -0.4 is 10.1 Å². The van der Waals surface area contributed by atoms with E-state index in [0.717, 1.165) is 17.5 Å². The molecule has 1 aliphatic rings. The smallest absolute Gasteiger partial charge is 0.263 e. The summed E-state index contributed by atoms with van der Waals surface area (Å²) >= 11 is 0. The molecule has 0 fully saturated rings. The quantitative estimate of drug-likeness (QED) is 0.840. The van der Waals surface area contributed by atoms with Crippen LogP contribution in [-0.4, -0.2) is 28.9 Å². The van der Waals surface area contributed by atoms with Gasteiger partial charge in [-0.25, -0.2) is 0 Å². The van der Waals surface area contributed by atoms with E-state index in [-0.39, 0.29) is 23.8 Å². The van der Waals surface area contributed by atoms with E-state index in [1.807, 2.05) is 69.3 Å². The standard InChI is InChI=1S/C23H28N2O3/c1-5-20(17-9-7-6-8-10-17)22(26)24-19-11-12-21-18(13-19)14-25(15(2)3)23(27)16(4)28-21/h6-13,15-16,20H,5,14H2,1-4H3,(H,24,26). The summed E-state index contributed by atoms with van der Waals surface area (Å²) in [5.41, 5.74) is 2.62. The minimum absolute atomic E-state index is 0.0214. The Kier molecular flexibility index (Phi) is 6.02. The molecule has 2 unspecified atom stereocenters. The zero-order valence-corrected chi connectivity index (χ0v) is 16.9. The van der Waals surface area contributed by atoms with Gasteiger partial charge in [-0.15, -0.1) is 0 Å². The van der Waals surface area contributed by atoms with Crippen LogP contribution in [0, 0.1) is 0 Å². The molecule has 3 rings (SSSR count). The molecule has 0 aliphatic carbocycles. The molecule has 2 amide bonds. The van der Waals surface area contributed by atoms with Crippen LogP contribution in [0.5, 0.6) is 5.75 Å². The summed E-state index contributed by atoms with van der Waals surface area (Å²) in [6.07, 6.45) is 0.198. The minimum atomic E-state index is -0.522. The van der Waals surface area contributed by atoms with Gasteiger partial charge in [0.25, 0.3) is 5.91 Å². The van der Waals surface area contributed by atoms with Gasteiger partial charge in [0.1, 0.15) is 5.75 Å². The molecular formula is C23H28N2O3. The van der Waals surface area contributed by atoms with E-state index in [2.05, 4.69) is 5.32 Å². The van der Waals surface area contributed by atoms with Crippen LogP contribution in [0.1, 0.15) is 51.2 Å². The van der Waals surface area contributed by atoms with Gasteiger partial charge < -0.3 is 15.0 Å². The molecule has 0 radical (unpaired) electrons. The van der Waals surface area contributed by atoms with Gasteiger partial charge in [-0.2, -0.15) is 0 Å². The van der Waals surface area contributed by atoms with Gasteiger partial charge in [0.15, 0.2) is 6.10 Å². The summed E-state index contributed by atoms with van der Waals surface area (Å²) in [6.45, 7) is 8.24. The topological polar surface area (TPSA) is 58.6 Å². The molecule has 0 bridgehead atoms. The summed E-state index contributed by atoms with van der Waals surface area (Å²) in [4.78, 5) is 27.2. The maximum atomic E-state index is 12.8. The largest absolute Gasteiger partial charge is 0.481 e. The average molecular weight is 380 g/mol. The summed E-state index contributed by atoms with van der Waals surface area (Å²) in [5, 5.41) is 3.03. The number of fused-ring (bicyclic) bond motifs is 1. The molecule has 2 aromatic rings. The number of benzene rings is 2. The highest BCUT2D eigenvalue weighted by Gasteiger charge is 2.29. The van der Waals surface area contributed by atoms with Crippen molar-refractivity contribution < 1.29 is 14.3 Å². The molecule has 28 heavy (non-hydrogen) atoms. The number of carbonyl (C=O) groups excluding carboxylic acids is 2. The number of carbonyl (C=O) groups is 2. The molecule has 5 nitrogen and oxygen atoms in total. The average Bonchev–Trinajstić information content (AvgIpc) is 2.80. The predicted molar refractivity (Wildman–Crippen MR) is 110 cm³/mol. The summed E-state index contributed by atoms with van der Waals surface area (Å²) < 4.78 is 5.84. The van der Waals surface area contributed by atoms with E-state index >= 15 is 0 Å². The fourth-order valence-electron chi connectivity index (χ4n) is 3.56. The van der Waals surface area contributed by atoms with Crippen molar-refractivity contribution in [2.24, 2.45) is 0 Å². The number of ether oxygens (including phenoxy) is 1. The molecule has 1 N–H and O–H groups in total. The molecule has 0 spiro atoms. The zero-order chi connectivity index (χ0) is 20.3. The lowest BCUT2D eigenvalue weighted by molar-refractivity contribution is -0.139. The Morgan fingerprint density at radius 2 is 1.93 bits per heavy atom. The molecule has 1 heterocycles. The van der Waals surface area contributed by atoms with E-state index in [1.165, 1.54) is 0 Å².